The van der Waals surface area contributed by atoms with Crippen molar-refractivity contribution in [1.29, 1.82) is 0 Å². The van der Waals surface area contributed by atoms with Gasteiger partial charge in [0.2, 0.25) is 5.88 Å². The van der Waals surface area contributed by atoms with Gasteiger partial charge in [-0.15, -0.1) is 5.10 Å². The molecule has 4 aromatic rings. The molecule has 2 N–H and O–H groups in total. The van der Waals surface area contributed by atoms with Crippen LogP contribution in [0.15, 0.2) is 54.9 Å². The van der Waals surface area contributed by atoms with Crippen LogP contribution >= 0.6 is 0 Å². The third kappa shape index (κ3) is 6.27. The van der Waals surface area contributed by atoms with Crippen molar-refractivity contribution >= 4 is 17.7 Å². The number of amides is 2. The van der Waals surface area contributed by atoms with Gasteiger partial charge in [-0.1, -0.05) is 35.5 Å². The minimum absolute atomic E-state index is 0.116. The van der Waals surface area contributed by atoms with Crippen molar-refractivity contribution in [3.05, 3.63) is 66.4 Å². The quantitative estimate of drug-likeness (QED) is 0.376. The summed E-state index contributed by atoms with van der Waals surface area (Å²) in [6.45, 7) is 5.47. The van der Waals surface area contributed by atoms with E-state index in [0.29, 0.717) is 34.2 Å². The van der Waals surface area contributed by atoms with E-state index < -0.39 is 17.6 Å². The van der Waals surface area contributed by atoms with Gasteiger partial charge in [-0.3, -0.25) is 4.79 Å². The zero-order chi connectivity index (χ0) is 27.3. The van der Waals surface area contributed by atoms with Crippen molar-refractivity contribution in [2.45, 2.75) is 32.9 Å². The van der Waals surface area contributed by atoms with E-state index in [2.05, 4.69) is 35.9 Å². The summed E-state index contributed by atoms with van der Waals surface area (Å²) in [6.07, 6.45) is 2.63. The number of ether oxygens (including phenoxy) is 2. The Hall–Kier alpha value is -4.87. The first-order chi connectivity index (χ1) is 18.1. The highest BCUT2D eigenvalue weighted by molar-refractivity contribution is 6.07. The number of hydrogen-bond acceptors (Lipinski definition) is 9. The zero-order valence-corrected chi connectivity index (χ0v) is 21.7. The minimum Gasteiger partial charge on any atom is -0.479 e. The third-order valence-electron chi connectivity index (χ3n) is 5.18. The number of hydrogen-bond donors (Lipinski definition) is 2. The van der Waals surface area contributed by atoms with Gasteiger partial charge in [-0.2, -0.15) is 0 Å². The fourth-order valence-corrected chi connectivity index (χ4v) is 3.48. The van der Waals surface area contributed by atoms with E-state index in [9.17, 15) is 9.59 Å². The molecule has 0 spiro atoms. The monoisotopic (exact) mass is 516 g/mol. The van der Waals surface area contributed by atoms with E-state index in [-0.39, 0.29) is 12.4 Å². The molecule has 0 saturated heterocycles. The Balaban J connectivity index is 1.48. The van der Waals surface area contributed by atoms with Crippen LogP contribution in [-0.4, -0.2) is 54.7 Å². The van der Waals surface area contributed by atoms with Gasteiger partial charge in [0.1, 0.15) is 22.8 Å². The second-order valence-electron chi connectivity index (χ2n) is 9.23. The molecule has 0 aliphatic heterocycles. The molecule has 38 heavy (non-hydrogen) atoms. The van der Waals surface area contributed by atoms with Gasteiger partial charge < -0.3 is 20.1 Å². The summed E-state index contributed by atoms with van der Waals surface area (Å²) in [5.74, 6) is 0.215. The predicted molar refractivity (Wildman–Crippen MR) is 139 cm³/mol. The van der Waals surface area contributed by atoms with Gasteiger partial charge in [-0.05, 0) is 32.9 Å². The summed E-state index contributed by atoms with van der Waals surface area (Å²) in [4.78, 5) is 38.1. The summed E-state index contributed by atoms with van der Waals surface area (Å²) in [6, 6.07) is 12.7. The van der Waals surface area contributed by atoms with Gasteiger partial charge in [0.05, 0.1) is 19.3 Å². The summed E-state index contributed by atoms with van der Waals surface area (Å²) in [5.41, 5.74) is 2.49. The Morgan fingerprint density at radius 2 is 1.71 bits per heavy atom. The SMILES string of the molecule is COc1nc(-c2cnc(CNC(=O)OC(C)(C)C)nc2)ccc1NC(=O)c1c(-c2ccccc2)nnn1C. The van der Waals surface area contributed by atoms with Crippen LogP contribution in [0, 0.1) is 0 Å². The molecule has 3 heterocycles. The van der Waals surface area contributed by atoms with Crippen molar-refractivity contribution < 1.29 is 19.1 Å². The number of anilines is 1. The average Bonchev–Trinajstić information content (AvgIpc) is 3.29. The summed E-state index contributed by atoms with van der Waals surface area (Å²) >= 11 is 0. The van der Waals surface area contributed by atoms with Crippen LogP contribution in [0.25, 0.3) is 22.5 Å². The lowest BCUT2D eigenvalue weighted by Crippen LogP contribution is -2.32. The van der Waals surface area contributed by atoms with Crippen LogP contribution in [0.3, 0.4) is 0 Å². The fourth-order valence-electron chi connectivity index (χ4n) is 3.48. The number of alkyl carbamates (subject to hydrolysis) is 1. The van der Waals surface area contributed by atoms with Gasteiger partial charge in [-0.25, -0.2) is 24.4 Å². The Morgan fingerprint density at radius 1 is 1.00 bits per heavy atom. The molecular formula is C26H28N8O4. The molecule has 2 amide bonds. The predicted octanol–water partition coefficient (Wildman–Crippen LogP) is 3.62. The van der Waals surface area contributed by atoms with Gasteiger partial charge in [0, 0.05) is 30.6 Å². The van der Waals surface area contributed by atoms with Gasteiger partial charge >= 0.3 is 6.09 Å². The molecule has 4 rings (SSSR count). The van der Waals surface area contributed by atoms with Crippen molar-refractivity contribution in [3.63, 3.8) is 0 Å². The lowest BCUT2D eigenvalue weighted by atomic mass is 10.1. The van der Waals surface area contributed by atoms with E-state index in [4.69, 9.17) is 9.47 Å². The first kappa shape index (κ1) is 26.2. The standard InChI is InChI=1S/C26H28N8O4/c1-26(2,3)38-25(36)29-15-20-27-13-17(14-28-20)18-11-12-19(24(31-18)37-5)30-23(35)22-21(32-33-34(22)4)16-9-7-6-8-10-16/h6-14H,15H2,1-5H3,(H,29,36)(H,30,35). The molecule has 3 aromatic heterocycles. The topological polar surface area (TPSA) is 146 Å². The molecule has 12 nitrogen and oxygen atoms in total. The number of rotatable bonds is 7. The van der Waals surface area contributed by atoms with E-state index in [1.807, 2.05) is 30.3 Å². The van der Waals surface area contributed by atoms with Crippen LogP contribution in [-0.2, 0) is 18.3 Å². The van der Waals surface area contributed by atoms with Crippen molar-refractivity contribution in [2.75, 3.05) is 12.4 Å². The highest BCUT2D eigenvalue weighted by Crippen LogP contribution is 2.28. The van der Waals surface area contributed by atoms with Crippen LogP contribution in [0.4, 0.5) is 10.5 Å². The second kappa shape index (κ2) is 11.0. The number of methoxy groups -OCH3 is 1. The Kier molecular flexibility index (Phi) is 7.61. The van der Waals surface area contributed by atoms with Crippen LogP contribution in [0.1, 0.15) is 37.1 Å². The highest BCUT2D eigenvalue weighted by atomic mass is 16.6. The van der Waals surface area contributed by atoms with Gasteiger partial charge in [0.25, 0.3) is 5.91 Å². The summed E-state index contributed by atoms with van der Waals surface area (Å²) in [5, 5.41) is 13.6. The fraction of sp³-hybridized carbons (Fsp3) is 0.269. The van der Waals surface area contributed by atoms with Crippen molar-refractivity contribution in [3.8, 4) is 28.4 Å². The second-order valence-corrected chi connectivity index (χ2v) is 9.23. The first-order valence-electron chi connectivity index (χ1n) is 11.7. The van der Waals surface area contributed by atoms with Gasteiger partial charge in [0.15, 0.2) is 5.69 Å². The smallest absolute Gasteiger partial charge is 0.408 e. The number of carbonyl (C=O) groups excluding carboxylic acids is 2. The summed E-state index contributed by atoms with van der Waals surface area (Å²) in [7, 11) is 3.12. The maximum absolute atomic E-state index is 13.2. The highest BCUT2D eigenvalue weighted by Gasteiger charge is 2.22. The number of nitrogens with zero attached hydrogens (tertiary/aromatic N) is 6. The molecule has 0 bridgehead atoms. The zero-order valence-electron chi connectivity index (χ0n) is 21.7. The Morgan fingerprint density at radius 3 is 2.37 bits per heavy atom. The molecule has 0 atom stereocenters. The largest absolute Gasteiger partial charge is 0.479 e. The third-order valence-corrected chi connectivity index (χ3v) is 5.18. The first-order valence-corrected chi connectivity index (χ1v) is 11.7. The molecular weight excluding hydrogens is 488 g/mol. The van der Waals surface area contributed by atoms with E-state index in [0.717, 1.165) is 5.56 Å². The summed E-state index contributed by atoms with van der Waals surface area (Å²) < 4.78 is 12.1. The molecule has 1 aromatic carbocycles. The average molecular weight is 517 g/mol. The van der Waals surface area contributed by atoms with E-state index in [1.165, 1.54) is 11.8 Å². The molecule has 0 unspecified atom stereocenters. The molecule has 0 aliphatic carbocycles. The van der Waals surface area contributed by atoms with Crippen LogP contribution in [0.5, 0.6) is 5.88 Å². The van der Waals surface area contributed by atoms with Crippen molar-refractivity contribution in [2.24, 2.45) is 7.05 Å². The minimum atomic E-state index is -0.593. The maximum atomic E-state index is 13.2. The number of carbonyl (C=O) groups is 2. The molecule has 196 valence electrons. The number of pyridine rings is 1. The molecule has 0 saturated carbocycles. The number of nitrogens with one attached hydrogen (secondary N) is 2. The van der Waals surface area contributed by atoms with Crippen LogP contribution < -0.4 is 15.4 Å². The molecule has 0 radical (unpaired) electrons. The lowest BCUT2D eigenvalue weighted by Gasteiger charge is -2.19. The Bertz CT molecular complexity index is 1430. The molecule has 0 aliphatic rings. The number of aromatic nitrogens is 6. The number of aryl methyl sites for hydroxylation is 1. The molecule has 12 heteroatoms. The van der Waals surface area contributed by atoms with Crippen molar-refractivity contribution in [1.82, 2.24) is 35.3 Å². The Labute approximate surface area is 219 Å². The number of benzene rings is 1. The maximum Gasteiger partial charge on any atom is 0.408 e. The van der Waals surface area contributed by atoms with Crippen LogP contribution in [0.2, 0.25) is 0 Å². The lowest BCUT2D eigenvalue weighted by molar-refractivity contribution is 0.0522. The molecule has 0 fully saturated rings. The van der Waals surface area contributed by atoms with E-state index in [1.54, 1.807) is 52.3 Å². The normalized spacial score (nSPS) is 11.1. The van der Waals surface area contributed by atoms with E-state index >= 15 is 0 Å².